The van der Waals surface area contributed by atoms with Gasteiger partial charge in [-0.15, -0.1) is 0 Å². The number of nitrogens with one attached hydrogen (secondary N) is 2. The highest BCUT2D eigenvalue weighted by Gasteiger charge is 2.16. The van der Waals surface area contributed by atoms with Crippen LogP contribution in [0.5, 0.6) is 0 Å². The van der Waals surface area contributed by atoms with Crippen LogP contribution in [0.2, 0.25) is 0 Å². The lowest BCUT2D eigenvalue weighted by Crippen LogP contribution is -2.34. The third-order valence-electron chi connectivity index (χ3n) is 3.46. The van der Waals surface area contributed by atoms with Crippen molar-refractivity contribution in [3.63, 3.8) is 0 Å². The molecule has 1 aliphatic heterocycles. The largest absolute Gasteiger partial charge is 0.320 e. The summed E-state index contributed by atoms with van der Waals surface area (Å²) >= 11 is 0. The molecule has 9 nitrogen and oxygen atoms in total. The fourth-order valence-electron chi connectivity index (χ4n) is 2.44. The van der Waals surface area contributed by atoms with Gasteiger partial charge in [-0.2, -0.15) is 5.10 Å². The van der Waals surface area contributed by atoms with Crippen molar-refractivity contribution in [3.05, 3.63) is 42.7 Å². The van der Waals surface area contributed by atoms with Crippen LogP contribution in [0.1, 0.15) is 5.69 Å². The van der Waals surface area contributed by atoms with Crippen molar-refractivity contribution in [1.29, 1.82) is 0 Å². The minimum Gasteiger partial charge on any atom is -0.320 e. The summed E-state index contributed by atoms with van der Waals surface area (Å²) in [4.78, 5) is 8.82. The van der Waals surface area contributed by atoms with Gasteiger partial charge in [0.1, 0.15) is 0 Å². The molecule has 4 N–H and O–H groups in total. The number of anilines is 2. The van der Waals surface area contributed by atoms with Crippen LogP contribution in [-0.2, 0) is 7.05 Å². The van der Waals surface area contributed by atoms with Gasteiger partial charge in [-0.05, 0) is 0 Å². The molecule has 3 aromatic rings. The quantitative estimate of drug-likeness (QED) is 0.595. The van der Waals surface area contributed by atoms with E-state index in [-0.39, 0.29) is 0 Å². The normalized spacial score (nSPS) is 14.6. The molecule has 0 atom stereocenters. The highest BCUT2D eigenvalue weighted by Crippen LogP contribution is 2.23. The van der Waals surface area contributed by atoms with Crippen molar-refractivity contribution in [2.45, 2.75) is 0 Å². The molecule has 22 heavy (non-hydrogen) atoms. The number of nitrogens with two attached hydrogens (primary N) is 1. The van der Waals surface area contributed by atoms with Crippen LogP contribution >= 0.6 is 0 Å². The molecule has 9 heteroatoms. The minimum atomic E-state index is 0.656. The highest BCUT2D eigenvalue weighted by molar-refractivity contribution is 5.73. The molecule has 112 valence electrons. The fourth-order valence-corrected chi connectivity index (χ4v) is 2.44. The van der Waals surface area contributed by atoms with E-state index in [9.17, 15) is 0 Å². The molecule has 0 saturated heterocycles. The van der Waals surface area contributed by atoms with Gasteiger partial charge in [-0.1, -0.05) is 0 Å². The van der Waals surface area contributed by atoms with Crippen LogP contribution in [0.25, 0.3) is 11.2 Å². The summed E-state index contributed by atoms with van der Waals surface area (Å²) < 4.78 is 3.70. The fraction of sp³-hybridized carbons (Fsp3) is 0.154. The van der Waals surface area contributed by atoms with Crippen molar-refractivity contribution in [2.75, 3.05) is 11.9 Å². The zero-order chi connectivity index (χ0) is 15.1. The Morgan fingerprint density at radius 2 is 2.23 bits per heavy atom. The number of hydrogen-bond donors (Lipinski definition) is 3. The second-order valence-corrected chi connectivity index (χ2v) is 5.01. The summed E-state index contributed by atoms with van der Waals surface area (Å²) in [7, 11) is 1.87. The average molecular weight is 297 g/mol. The van der Waals surface area contributed by atoms with E-state index >= 15 is 0 Å². The summed E-state index contributed by atoms with van der Waals surface area (Å²) in [5, 5.41) is 8.92. The Balaban J connectivity index is 1.75. The van der Waals surface area contributed by atoms with E-state index in [2.05, 4.69) is 25.8 Å². The first kappa shape index (κ1) is 12.8. The van der Waals surface area contributed by atoms with Gasteiger partial charge in [-0.25, -0.2) is 21.2 Å². The van der Waals surface area contributed by atoms with Crippen molar-refractivity contribution in [3.8, 4) is 0 Å². The van der Waals surface area contributed by atoms with E-state index in [1.54, 1.807) is 10.9 Å². The van der Waals surface area contributed by atoms with E-state index in [1.807, 2.05) is 42.3 Å². The molecule has 0 bridgehead atoms. The maximum atomic E-state index is 5.69. The Labute approximate surface area is 126 Å². The number of aromatic nitrogens is 5. The van der Waals surface area contributed by atoms with E-state index in [1.165, 1.54) is 5.12 Å². The topological polar surface area (TPSA) is 101 Å². The molecule has 4 heterocycles. The van der Waals surface area contributed by atoms with Crippen LogP contribution < -0.4 is 16.6 Å². The average Bonchev–Trinajstić information content (AvgIpc) is 3.19. The Hall–Kier alpha value is -2.91. The number of hydrazine groups is 2. The molecular weight excluding hydrogens is 282 g/mol. The smallest absolute Gasteiger partial charge is 0.180 e. The van der Waals surface area contributed by atoms with Gasteiger partial charge in [0.25, 0.3) is 0 Å². The molecule has 0 aliphatic carbocycles. The predicted octanol–water partition coefficient (Wildman–Crippen LogP) is 0.241. The SMILES string of the molecule is Cn1ccc(Nc2nccn3c(C4=CN(N)NC4)cnc23)n1. The number of rotatable bonds is 3. The van der Waals surface area contributed by atoms with Crippen LogP contribution in [0, 0.1) is 0 Å². The molecule has 0 aromatic carbocycles. The molecule has 4 rings (SSSR count). The third-order valence-corrected chi connectivity index (χ3v) is 3.46. The van der Waals surface area contributed by atoms with Crippen molar-refractivity contribution in [2.24, 2.45) is 12.9 Å². The standard InChI is InChI=1S/C13H15N9/c1-20-4-2-11(19-20)18-12-13-16-7-10(21(13)5-3-15-12)9-6-17-22(14)8-9/h2-5,7-8,17H,6,14H2,1H3,(H,15,18,19). The van der Waals surface area contributed by atoms with Crippen LogP contribution in [0.3, 0.4) is 0 Å². The number of aryl methyl sites for hydroxylation is 1. The summed E-state index contributed by atoms with van der Waals surface area (Å²) in [6.07, 6.45) is 9.13. The Morgan fingerprint density at radius 3 is 2.95 bits per heavy atom. The van der Waals surface area contributed by atoms with Gasteiger partial charge in [0, 0.05) is 50.0 Å². The number of imidazole rings is 1. The van der Waals surface area contributed by atoms with Gasteiger partial charge in [0.15, 0.2) is 17.3 Å². The van der Waals surface area contributed by atoms with Gasteiger partial charge in [-0.3, -0.25) is 14.2 Å². The lowest BCUT2D eigenvalue weighted by molar-refractivity contribution is 0.319. The maximum Gasteiger partial charge on any atom is 0.180 e. The lowest BCUT2D eigenvalue weighted by atomic mass is 10.2. The van der Waals surface area contributed by atoms with Crippen molar-refractivity contribution < 1.29 is 0 Å². The van der Waals surface area contributed by atoms with Crippen molar-refractivity contribution >= 4 is 22.9 Å². The maximum absolute atomic E-state index is 5.69. The number of nitrogens with zero attached hydrogens (tertiary/aromatic N) is 6. The summed E-state index contributed by atoms with van der Waals surface area (Å²) in [6.45, 7) is 0.662. The van der Waals surface area contributed by atoms with Crippen molar-refractivity contribution in [1.82, 2.24) is 34.7 Å². The Bertz CT molecular complexity index is 859. The molecule has 0 spiro atoms. The van der Waals surface area contributed by atoms with E-state index in [4.69, 9.17) is 5.84 Å². The first-order valence-corrected chi connectivity index (χ1v) is 6.78. The third kappa shape index (κ3) is 2.08. The summed E-state index contributed by atoms with van der Waals surface area (Å²) in [5.74, 6) is 7.07. The van der Waals surface area contributed by atoms with Crippen LogP contribution in [0.15, 0.2) is 37.1 Å². The van der Waals surface area contributed by atoms with Crippen LogP contribution in [-0.4, -0.2) is 35.8 Å². The summed E-state index contributed by atoms with van der Waals surface area (Å²) in [5.41, 5.74) is 5.78. The van der Waals surface area contributed by atoms with Gasteiger partial charge in [0.2, 0.25) is 0 Å². The Kier molecular flexibility index (Phi) is 2.81. The molecular formula is C13H15N9. The second kappa shape index (κ2) is 4.83. The van der Waals surface area contributed by atoms with Gasteiger partial charge in [0.05, 0.1) is 11.9 Å². The molecule has 1 aliphatic rings. The molecule has 0 amide bonds. The zero-order valence-electron chi connectivity index (χ0n) is 11.9. The zero-order valence-corrected chi connectivity index (χ0v) is 11.9. The van der Waals surface area contributed by atoms with E-state index in [0.29, 0.717) is 12.4 Å². The molecule has 0 fully saturated rings. The van der Waals surface area contributed by atoms with E-state index in [0.717, 1.165) is 22.7 Å². The predicted molar refractivity (Wildman–Crippen MR) is 81.5 cm³/mol. The number of hydrogen-bond acceptors (Lipinski definition) is 7. The second-order valence-electron chi connectivity index (χ2n) is 5.01. The monoisotopic (exact) mass is 297 g/mol. The lowest BCUT2D eigenvalue weighted by Gasteiger charge is -2.05. The first-order valence-electron chi connectivity index (χ1n) is 6.78. The molecule has 0 radical (unpaired) electrons. The van der Waals surface area contributed by atoms with Gasteiger partial charge < -0.3 is 5.32 Å². The van der Waals surface area contributed by atoms with E-state index < -0.39 is 0 Å². The molecule has 3 aromatic heterocycles. The highest BCUT2D eigenvalue weighted by atomic mass is 15.7. The van der Waals surface area contributed by atoms with Gasteiger partial charge >= 0.3 is 0 Å². The molecule has 0 saturated carbocycles. The Morgan fingerprint density at radius 1 is 1.32 bits per heavy atom. The minimum absolute atomic E-state index is 0.656. The van der Waals surface area contributed by atoms with Crippen LogP contribution in [0.4, 0.5) is 11.6 Å². The molecule has 0 unspecified atom stereocenters. The number of fused-ring (bicyclic) bond motifs is 1. The summed E-state index contributed by atoms with van der Waals surface area (Å²) in [6, 6.07) is 1.88. The first-order chi connectivity index (χ1) is 10.7.